The lowest BCUT2D eigenvalue weighted by molar-refractivity contribution is 0.732. The third kappa shape index (κ3) is 2.65. The molecule has 2 rings (SSSR count). The van der Waals surface area contributed by atoms with Crippen LogP contribution in [0.4, 0.5) is 0 Å². The third-order valence-electron chi connectivity index (χ3n) is 2.21. The highest BCUT2D eigenvalue weighted by Gasteiger charge is 2.10. The van der Waals surface area contributed by atoms with Crippen LogP contribution in [0.25, 0.3) is 0 Å². The Morgan fingerprint density at radius 2 is 2.20 bits per heavy atom. The Hall–Kier alpha value is -0.710. The van der Waals surface area contributed by atoms with Crippen molar-refractivity contribution in [1.82, 2.24) is 4.98 Å². The molecular weight excluding hydrogens is 272 g/mol. The van der Waals surface area contributed by atoms with Gasteiger partial charge in [0.05, 0.1) is 5.51 Å². The third-order valence-corrected chi connectivity index (χ3v) is 3.90. The molecule has 78 valence electrons. The number of hydrogen-bond acceptors (Lipinski definition) is 3. The van der Waals surface area contributed by atoms with E-state index >= 15 is 0 Å². The second kappa shape index (κ2) is 4.88. The number of thiazole rings is 1. The molecule has 0 saturated carbocycles. The molecule has 0 bridgehead atoms. The number of aromatic nitrogens is 1. The number of rotatable bonds is 3. The fourth-order valence-corrected chi connectivity index (χ4v) is 2.48. The molecule has 2 aromatic rings. The summed E-state index contributed by atoms with van der Waals surface area (Å²) in [6.07, 6.45) is 2.68. The van der Waals surface area contributed by atoms with Gasteiger partial charge in [0.25, 0.3) is 0 Å². The molecule has 1 heterocycles. The van der Waals surface area contributed by atoms with Gasteiger partial charge in [0.2, 0.25) is 0 Å². The van der Waals surface area contributed by atoms with Gasteiger partial charge in [-0.2, -0.15) is 0 Å². The van der Waals surface area contributed by atoms with Crippen molar-refractivity contribution < 1.29 is 0 Å². The van der Waals surface area contributed by atoms with Crippen molar-refractivity contribution in [2.45, 2.75) is 12.5 Å². The maximum absolute atomic E-state index is 6.09. The first-order valence-electron chi connectivity index (χ1n) is 4.65. The minimum atomic E-state index is 0.0381. The van der Waals surface area contributed by atoms with Crippen LogP contribution in [0.5, 0.6) is 0 Å². The second-order valence-electron chi connectivity index (χ2n) is 3.31. The molecule has 0 saturated heterocycles. The van der Waals surface area contributed by atoms with Crippen molar-refractivity contribution in [3.8, 4) is 0 Å². The molecule has 1 atom stereocenters. The van der Waals surface area contributed by atoms with Gasteiger partial charge >= 0.3 is 0 Å². The highest BCUT2D eigenvalue weighted by Crippen LogP contribution is 2.23. The highest BCUT2D eigenvalue weighted by molar-refractivity contribution is 9.10. The van der Waals surface area contributed by atoms with Crippen molar-refractivity contribution in [2.24, 2.45) is 5.73 Å². The first-order valence-corrected chi connectivity index (χ1v) is 6.32. The number of hydrogen-bond donors (Lipinski definition) is 1. The first kappa shape index (κ1) is 10.8. The van der Waals surface area contributed by atoms with Crippen LogP contribution in [0, 0.1) is 0 Å². The molecule has 15 heavy (non-hydrogen) atoms. The van der Waals surface area contributed by atoms with E-state index in [0.717, 1.165) is 15.8 Å². The van der Waals surface area contributed by atoms with Crippen molar-refractivity contribution >= 4 is 27.3 Å². The lowest BCUT2D eigenvalue weighted by Gasteiger charge is -2.10. The van der Waals surface area contributed by atoms with Crippen LogP contribution in [-0.2, 0) is 6.42 Å². The lowest BCUT2D eigenvalue weighted by Crippen LogP contribution is -2.12. The second-order valence-corrected chi connectivity index (χ2v) is 5.08. The number of halogens is 1. The molecule has 1 aromatic carbocycles. The minimum absolute atomic E-state index is 0.0381. The van der Waals surface area contributed by atoms with E-state index in [1.165, 1.54) is 5.56 Å². The van der Waals surface area contributed by atoms with E-state index < -0.39 is 0 Å². The van der Waals surface area contributed by atoms with Gasteiger partial charge < -0.3 is 5.73 Å². The number of benzene rings is 1. The van der Waals surface area contributed by atoms with Crippen LogP contribution in [0.1, 0.15) is 16.5 Å². The quantitative estimate of drug-likeness (QED) is 0.939. The molecule has 0 fully saturated rings. The average Bonchev–Trinajstić information content (AvgIpc) is 2.74. The zero-order valence-corrected chi connectivity index (χ0v) is 10.5. The van der Waals surface area contributed by atoms with Crippen molar-refractivity contribution in [1.29, 1.82) is 0 Å². The van der Waals surface area contributed by atoms with Crippen LogP contribution < -0.4 is 5.73 Å². The fourth-order valence-electron chi connectivity index (χ4n) is 1.41. The summed E-state index contributed by atoms with van der Waals surface area (Å²) in [5.41, 5.74) is 9.14. The zero-order chi connectivity index (χ0) is 10.7. The molecule has 0 aliphatic rings. The van der Waals surface area contributed by atoms with Crippen LogP contribution in [0.15, 0.2) is 40.4 Å². The Bertz CT molecular complexity index is 428. The Labute approximate surface area is 101 Å². The van der Waals surface area contributed by atoms with Crippen molar-refractivity contribution in [2.75, 3.05) is 0 Å². The van der Waals surface area contributed by atoms with Gasteiger partial charge in [0.1, 0.15) is 0 Å². The summed E-state index contributed by atoms with van der Waals surface area (Å²) in [6, 6.07) is 8.20. The number of nitrogens with two attached hydrogens (primary N) is 1. The molecule has 0 aliphatic heterocycles. The Kier molecular flexibility index (Phi) is 3.51. The van der Waals surface area contributed by atoms with E-state index in [1.807, 2.05) is 29.9 Å². The van der Waals surface area contributed by atoms with Crippen LogP contribution in [0.3, 0.4) is 0 Å². The molecule has 4 heteroatoms. The normalized spacial score (nSPS) is 12.7. The van der Waals surface area contributed by atoms with Crippen molar-refractivity contribution in [3.63, 3.8) is 0 Å². The van der Waals surface area contributed by atoms with Gasteiger partial charge in [0.15, 0.2) is 0 Å². The van der Waals surface area contributed by atoms with E-state index in [9.17, 15) is 0 Å². The Balaban J connectivity index is 2.13. The van der Waals surface area contributed by atoms with Gasteiger partial charge in [-0.3, -0.25) is 4.98 Å². The molecule has 0 aliphatic carbocycles. The largest absolute Gasteiger partial charge is 0.323 e. The molecule has 0 radical (unpaired) electrons. The van der Waals surface area contributed by atoms with Crippen LogP contribution >= 0.6 is 27.3 Å². The van der Waals surface area contributed by atoms with E-state index in [2.05, 4.69) is 27.0 Å². The smallest absolute Gasteiger partial charge is 0.0794 e. The van der Waals surface area contributed by atoms with Crippen molar-refractivity contribution in [3.05, 3.63) is 50.9 Å². The number of nitrogens with zero attached hydrogens (tertiary/aromatic N) is 1. The highest BCUT2D eigenvalue weighted by atomic mass is 79.9. The van der Waals surface area contributed by atoms with E-state index in [1.54, 1.807) is 11.3 Å². The van der Waals surface area contributed by atoms with Crippen LogP contribution in [0.2, 0.25) is 0 Å². The summed E-state index contributed by atoms with van der Waals surface area (Å²) in [4.78, 5) is 5.16. The first-order chi connectivity index (χ1) is 7.27. The molecule has 1 unspecified atom stereocenters. The minimum Gasteiger partial charge on any atom is -0.323 e. The summed E-state index contributed by atoms with van der Waals surface area (Å²) in [6.45, 7) is 0. The summed E-state index contributed by atoms with van der Waals surface area (Å²) in [5.74, 6) is 0. The molecule has 0 spiro atoms. The molecule has 2 N–H and O–H groups in total. The SMILES string of the molecule is NC(Cc1ccccc1Br)c1cncs1. The maximum atomic E-state index is 6.09. The average molecular weight is 283 g/mol. The van der Waals surface area contributed by atoms with Gasteiger partial charge in [0, 0.05) is 21.6 Å². The summed E-state index contributed by atoms with van der Waals surface area (Å²) >= 11 is 5.12. The molecule has 1 aromatic heterocycles. The fraction of sp³-hybridized carbons (Fsp3) is 0.182. The summed E-state index contributed by atoms with van der Waals surface area (Å²) < 4.78 is 1.12. The lowest BCUT2D eigenvalue weighted by atomic mass is 10.1. The van der Waals surface area contributed by atoms with E-state index in [0.29, 0.717) is 0 Å². The van der Waals surface area contributed by atoms with E-state index in [-0.39, 0.29) is 6.04 Å². The van der Waals surface area contributed by atoms with Gasteiger partial charge in [-0.05, 0) is 18.1 Å². The predicted molar refractivity (Wildman–Crippen MR) is 66.9 cm³/mol. The monoisotopic (exact) mass is 282 g/mol. The van der Waals surface area contributed by atoms with Crippen LogP contribution in [-0.4, -0.2) is 4.98 Å². The zero-order valence-electron chi connectivity index (χ0n) is 8.06. The molecular formula is C11H11BrN2S. The maximum Gasteiger partial charge on any atom is 0.0794 e. The van der Waals surface area contributed by atoms with Gasteiger partial charge in [-0.25, -0.2) is 0 Å². The Morgan fingerprint density at radius 3 is 2.87 bits per heavy atom. The summed E-state index contributed by atoms with van der Waals surface area (Å²) in [7, 11) is 0. The Morgan fingerprint density at radius 1 is 1.40 bits per heavy atom. The standard InChI is InChI=1S/C11H11BrN2S/c12-9-4-2-1-3-8(9)5-10(13)11-6-14-7-15-11/h1-4,6-7,10H,5,13H2. The predicted octanol–water partition coefficient (Wildman–Crippen LogP) is 3.15. The molecule has 0 amide bonds. The van der Waals surface area contributed by atoms with E-state index in [4.69, 9.17) is 5.73 Å². The molecule has 2 nitrogen and oxygen atoms in total. The summed E-state index contributed by atoms with van der Waals surface area (Å²) in [5, 5.41) is 0. The topological polar surface area (TPSA) is 38.9 Å². The van der Waals surface area contributed by atoms with Gasteiger partial charge in [-0.15, -0.1) is 11.3 Å². The van der Waals surface area contributed by atoms with Gasteiger partial charge in [-0.1, -0.05) is 34.1 Å².